The Balaban J connectivity index is 2.74. The van der Waals surface area contributed by atoms with Crippen LogP contribution < -0.4 is 10.9 Å². The molecule has 10 heteroatoms. The second kappa shape index (κ2) is 7.74. The van der Waals surface area contributed by atoms with Gasteiger partial charge in [0.25, 0.3) is 5.56 Å². The summed E-state index contributed by atoms with van der Waals surface area (Å²) in [6.07, 6.45) is 1.39. The number of anilines is 1. The van der Waals surface area contributed by atoms with Crippen LogP contribution in [0.15, 0.2) is 11.0 Å². The van der Waals surface area contributed by atoms with Gasteiger partial charge in [-0.15, -0.1) is 0 Å². The Labute approximate surface area is 128 Å². The fraction of sp³-hybridized carbons (Fsp3) is 0.636. The summed E-state index contributed by atoms with van der Waals surface area (Å²) in [5, 5.41) is 6.72. The van der Waals surface area contributed by atoms with E-state index >= 15 is 0 Å². The van der Waals surface area contributed by atoms with Crippen molar-refractivity contribution in [2.24, 2.45) is 0 Å². The molecule has 1 N–H and O–H groups in total. The monoisotopic (exact) mass is 338 g/mol. The van der Waals surface area contributed by atoms with E-state index in [1.807, 2.05) is 0 Å². The first-order valence-corrected chi connectivity index (χ1v) is 8.17. The summed E-state index contributed by atoms with van der Waals surface area (Å²) < 4.78 is 30.4. The molecule has 0 aliphatic heterocycles. The molecule has 0 aliphatic carbocycles. The molecule has 0 fully saturated rings. The van der Waals surface area contributed by atoms with Crippen LogP contribution in [0, 0.1) is 0 Å². The highest BCUT2D eigenvalue weighted by atomic mass is 35.5. The minimum Gasteiger partial charge on any atom is -0.383 e. The van der Waals surface area contributed by atoms with Gasteiger partial charge in [-0.05, 0) is 0 Å². The van der Waals surface area contributed by atoms with Crippen LogP contribution in [0.5, 0.6) is 0 Å². The van der Waals surface area contributed by atoms with Crippen LogP contribution in [-0.4, -0.2) is 62.6 Å². The van der Waals surface area contributed by atoms with E-state index in [1.165, 1.54) is 32.1 Å². The number of methoxy groups -OCH3 is 1. The largest absolute Gasteiger partial charge is 0.383 e. The molecule has 0 radical (unpaired) electrons. The quantitative estimate of drug-likeness (QED) is 0.708. The first kappa shape index (κ1) is 17.9. The molecule has 0 aliphatic rings. The third kappa shape index (κ3) is 4.95. The number of aromatic nitrogens is 2. The molecule has 0 saturated heterocycles. The van der Waals surface area contributed by atoms with Gasteiger partial charge in [-0.3, -0.25) is 4.79 Å². The van der Waals surface area contributed by atoms with Gasteiger partial charge in [0.2, 0.25) is 10.0 Å². The Kier molecular flexibility index (Phi) is 6.59. The number of nitrogens with one attached hydrogen (secondary N) is 1. The van der Waals surface area contributed by atoms with Gasteiger partial charge >= 0.3 is 0 Å². The maximum atomic E-state index is 11.9. The van der Waals surface area contributed by atoms with Gasteiger partial charge in [-0.25, -0.2) is 17.4 Å². The Morgan fingerprint density at radius 3 is 2.71 bits per heavy atom. The van der Waals surface area contributed by atoms with Gasteiger partial charge in [-0.1, -0.05) is 11.6 Å². The van der Waals surface area contributed by atoms with Gasteiger partial charge in [0.1, 0.15) is 5.02 Å². The standard InChI is InChI=1S/C11H19ClN4O4S/c1-15(2)21(18,19)7-4-13-9-8-14-16(5-6-20-3)11(17)10(9)12/h8,13H,4-7H2,1-3H3. The molecule has 0 unspecified atom stereocenters. The summed E-state index contributed by atoms with van der Waals surface area (Å²) in [6, 6.07) is 0. The minimum absolute atomic E-state index is 0.0247. The molecule has 0 amide bonds. The van der Waals surface area contributed by atoms with Gasteiger partial charge in [0.05, 0.1) is 30.8 Å². The van der Waals surface area contributed by atoms with Gasteiger partial charge in [0.15, 0.2) is 0 Å². The van der Waals surface area contributed by atoms with Crippen molar-refractivity contribution >= 4 is 27.3 Å². The van der Waals surface area contributed by atoms with E-state index in [2.05, 4.69) is 10.4 Å². The van der Waals surface area contributed by atoms with E-state index in [0.29, 0.717) is 18.8 Å². The molecule has 0 saturated carbocycles. The third-order valence-corrected chi connectivity index (χ3v) is 4.92. The van der Waals surface area contributed by atoms with Crippen molar-refractivity contribution < 1.29 is 13.2 Å². The van der Waals surface area contributed by atoms with Gasteiger partial charge in [0, 0.05) is 27.7 Å². The first-order valence-electron chi connectivity index (χ1n) is 6.18. The molecule has 21 heavy (non-hydrogen) atoms. The van der Waals surface area contributed by atoms with E-state index in [1.54, 1.807) is 0 Å². The first-order chi connectivity index (χ1) is 9.79. The van der Waals surface area contributed by atoms with Crippen molar-refractivity contribution in [2.45, 2.75) is 6.54 Å². The fourth-order valence-corrected chi connectivity index (χ4v) is 2.36. The summed E-state index contributed by atoms with van der Waals surface area (Å²) in [6.45, 7) is 0.769. The van der Waals surface area contributed by atoms with Crippen LogP contribution in [0.1, 0.15) is 0 Å². The smallest absolute Gasteiger partial charge is 0.287 e. The lowest BCUT2D eigenvalue weighted by Crippen LogP contribution is -2.29. The average molecular weight is 339 g/mol. The predicted molar refractivity (Wildman–Crippen MR) is 81.3 cm³/mol. The SMILES string of the molecule is COCCn1ncc(NCCS(=O)(=O)N(C)C)c(Cl)c1=O. The lowest BCUT2D eigenvalue weighted by atomic mass is 10.4. The molecular weight excluding hydrogens is 320 g/mol. The van der Waals surface area contributed by atoms with Crippen LogP contribution >= 0.6 is 11.6 Å². The van der Waals surface area contributed by atoms with Crippen molar-refractivity contribution in [2.75, 3.05) is 45.4 Å². The third-order valence-electron chi connectivity index (χ3n) is 2.72. The summed E-state index contributed by atoms with van der Waals surface area (Å²) >= 11 is 5.95. The molecule has 0 bridgehead atoms. The number of sulfonamides is 1. The summed E-state index contributed by atoms with van der Waals surface area (Å²) in [5.74, 6) is -0.108. The highest BCUT2D eigenvalue weighted by molar-refractivity contribution is 7.89. The topological polar surface area (TPSA) is 93.5 Å². The number of rotatable bonds is 8. The van der Waals surface area contributed by atoms with Crippen LogP contribution in [0.2, 0.25) is 5.02 Å². The second-order valence-electron chi connectivity index (χ2n) is 4.42. The number of ether oxygens (including phenoxy) is 1. The highest BCUT2D eigenvalue weighted by Crippen LogP contribution is 2.14. The van der Waals surface area contributed by atoms with E-state index in [-0.39, 0.29) is 17.3 Å². The van der Waals surface area contributed by atoms with E-state index < -0.39 is 15.6 Å². The molecule has 0 atom stereocenters. The lowest BCUT2D eigenvalue weighted by molar-refractivity contribution is 0.182. The van der Waals surface area contributed by atoms with E-state index in [4.69, 9.17) is 16.3 Å². The molecule has 8 nitrogen and oxygen atoms in total. The number of nitrogens with zero attached hydrogens (tertiary/aromatic N) is 3. The summed E-state index contributed by atoms with van der Waals surface area (Å²) in [5.41, 5.74) is -0.140. The molecule has 1 aromatic rings. The van der Waals surface area contributed by atoms with Crippen molar-refractivity contribution in [3.63, 3.8) is 0 Å². The Morgan fingerprint density at radius 2 is 2.14 bits per heavy atom. The van der Waals surface area contributed by atoms with Crippen molar-refractivity contribution in [3.05, 3.63) is 21.6 Å². The Morgan fingerprint density at radius 1 is 1.48 bits per heavy atom. The zero-order chi connectivity index (χ0) is 16.0. The Bertz CT molecular complexity index is 630. The minimum atomic E-state index is -3.30. The van der Waals surface area contributed by atoms with Crippen LogP contribution in [0.4, 0.5) is 5.69 Å². The van der Waals surface area contributed by atoms with Crippen molar-refractivity contribution in [1.29, 1.82) is 0 Å². The van der Waals surface area contributed by atoms with Gasteiger partial charge < -0.3 is 10.1 Å². The summed E-state index contributed by atoms with van der Waals surface area (Å²) in [7, 11) is 1.14. The van der Waals surface area contributed by atoms with Crippen LogP contribution in [0.3, 0.4) is 0 Å². The molecule has 0 aromatic carbocycles. The zero-order valence-corrected chi connectivity index (χ0v) is 13.7. The predicted octanol–water partition coefficient (Wildman–Crippen LogP) is -0.154. The number of hydrogen-bond acceptors (Lipinski definition) is 6. The fourth-order valence-electron chi connectivity index (χ4n) is 1.42. The summed E-state index contributed by atoms with van der Waals surface area (Å²) in [4.78, 5) is 11.9. The molecule has 1 aromatic heterocycles. The van der Waals surface area contributed by atoms with Crippen molar-refractivity contribution in [3.8, 4) is 0 Å². The number of halogens is 1. The molecular formula is C11H19ClN4O4S. The molecule has 0 spiro atoms. The van der Waals surface area contributed by atoms with Gasteiger partial charge in [-0.2, -0.15) is 5.10 Å². The van der Waals surface area contributed by atoms with Crippen LogP contribution in [-0.2, 0) is 21.3 Å². The highest BCUT2D eigenvalue weighted by Gasteiger charge is 2.14. The zero-order valence-electron chi connectivity index (χ0n) is 12.2. The molecule has 120 valence electrons. The van der Waals surface area contributed by atoms with Crippen LogP contribution in [0.25, 0.3) is 0 Å². The Hall–Kier alpha value is -1.16. The van der Waals surface area contributed by atoms with E-state index in [0.717, 1.165) is 4.31 Å². The lowest BCUT2D eigenvalue weighted by Gasteiger charge is -2.13. The second-order valence-corrected chi connectivity index (χ2v) is 7.10. The normalized spacial score (nSPS) is 11.9. The number of hydrogen-bond donors (Lipinski definition) is 1. The average Bonchev–Trinajstić information content (AvgIpc) is 2.42. The van der Waals surface area contributed by atoms with E-state index in [9.17, 15) is 13.2 Å². The van der Waals surface area contributed by atoms with Crippen molar-refractivity contribution in [1.82, 2.24) is 14.1 Å². The maximum Gasteiger partial charge on any atom is 0.287 e. The maximum absolute atomic E-state index is 11.9. The molecule has 1 rings (SSSR count). The molecule has 1 heterocycles.